The molecule has 1 aliphatic carbocycles. The Morgan fingerprint density at radius 1 is 1.32 bits per heavy atom. The quantitative estimate of drug-likeness (QED) is 0.777. The van der Waals surface area contributed by atoms with Gasteiger partial charge in [0, 0.05) is 6.92 Å². The molecular formula is C15H18N2O2. The third-order valence-corrected chi connectivity index (χ3v) is 3.82. The number of ether oxygens (including phenoxy) is 1. The molecule has 1 heterocycles. The Bertz CT molecular complexity index is 591. The van der Waals surface area contributed by atoms with E-state index in [1.165, 1.54) is 13.3 Å². The van der Waals surface area contributed by atoms with Crippen molar-refractivity contribution in [3.63, 3.8) is 0 Å². The van der Waals surface area contributed by atoms with E-state index in [1.807, 2.05) is 24.5 Å². The Morgan fingerprint density at radius 2 is 2.11 bits per heavy atom. The average Bonchev–Trinajstić information content (AvgIpc) is 2.82. The number of benzene rings is 1. The number of esters is 1. The van der Waals surface area contributed by atoms with Gasteiger partial charge < -0.3 is 9.30 Å². The highest BCUT2D eigenvalue weighted by molar-refractivity contribution is 5.75. The largest absolute Gasteiger partial charge is 0.460 e. The van der Waals surface area contributed by atoms with Crippen molar-refractivity contribution in [2.45, 2.75) is 44.8 Å². The number of hydrogen-bond donors (Lipinski definition) is 0. The first-order valence-electron chi connectivity index (χ1n) is 6.84. The number of rotatable bonds is 2. The Labute approximate surface area is 112 Å². The van der Waals surface area contributed by atoms with Gasteiger partial charge >= 0.3 is 5.97 Å². The summed E-state index contributed by atoms with van der Waals surface area (Å²) in [5.41, 5.74) is 2.11. The van der Waals surface area contributed by atoms with Crippen LogP contribution in [0.4, 0.5) is 0 Å². The topological polar surface area (TPSA) is 44.1 Å². The van der Waals surface area contributed by atoms with Crippen molar-refractivity contribution in [1.82, 2.24) is 9.55 Å². The highest BCUT2D eigenvalue weighted by Crippen LogP contribution is 2.33. The second kappa shape index (κ2) is 5.03. The molecule has 2 aromatic rings. The fourth-order valence-corrected chi connectivity index (χ4v) is 2.99. The van der Waals surface area contributed by atoms with Crippen LogP contribution in [0.3, 0.4) is 0 Å². The lowest BCUT2D eigenvalue weighted by atomic mass is 9.92. The normalized spacial score (nSPS) is 23.4. The first-order chi connectivity index (χ1) is 9.25. The molecule has 1 fully saturated rings. The fraction of sp³-hybridized carbons (Fsp3) is 0.467. The number of fused-ring (bicyclic) bond motifs is 1. The molecular weight excluding hydrogens is 240 g/mol. The predicted octanol–water partition coefficient (Wildman–Crippen LogP) is 3.08. The lowest BCUT2D eigenvalue weighted by Gasteiger charge is -2.32. The summed E-state index contributed by atoms with van der Waals surface area (Å²) in [5, 5.41) is 0. The van der Waals surface area contributed by atoms with Gasteiger partial charge in [0.15, 0.2) is 0 Å². The number of nitrogens with zero attached hydrogens (tertiary/aromatic N) is 2. The van der Waals surface area contributed by atoms with Crippen LogP contribution >= 0.6 is 0 Å². The zero-order valence-corrected chi connectivity index (χ0v) is 11.1. The van der Waals surface area contributed by atoms with E-state index in [-0.39, 0.29) is 18.1 Å². The molecule has 1 aromatic carbocycles. The van der Waals surface area contributed by atoms with E-state index in [4.69, 9.17) is 4.74 Å². The predicted molar refractivity (Wildman–Crippen MR) is 72.8 cm³/mol. The molecule has 100 valence electrons. The summed E-state index contributed by atoms with van der Waals surface area (Å²) >= 11 is 0. The van der Waals surface area contributed by atoms with E-state index in [1.54, 1.807) is 0 Å². The van der Waals surface area contributed by atoms with Gasteiger partial charge in [-0.1, -0.05) is 18.6 Å². The smallest absolute Gasteiger partial charge is 0.302 e. The zero-order valence-electron chi connectivity index (χ0n) is 11.1. The molecule has 0 aliphatic heterocycles. The lowest BCUT2D eigenvalue weighted by molar-refractivity contribution is -0.150. The Morgan fingerprint density at radius 3 is 2.95 bits per heavy atom. The molecule has 4 heteroatoms. The van der Waals surface area contributed by atoms with E-state index in [9.17, 15) is 4.79 Å². The van der Waals surface area contributed by atoms with Crippen molar-refractivity contribution in [3.05, 3.63) is 30.6 Å². The first kappa shape index (κ1) is 12.2. The number of imidazole rings is 1. The molecule has 0 amide bonds. The van der Waals surface area contributed by atoms with Crippen molar-refractivity contribution in [2.75, 3.05) is 0 Å². The molecule has 0 spiro atoms. The summed E-state index contributed by atoms with van der Waals surface area (Å²) in [6, 6.07) is 8.30. The van der Waals surface area contributed by atoms with Crippen LogP contribution < -0.4 is 0 Å². The van der Waals surface area contributed by atoms with Crippen molar-refractivity contribution in [1.29, 1.82) is 0 Å². The summed E-state index contributed by atoms with van der Waals surface area (Å²) in [5.74, 6) is -0.193. The minimum atomic E-state index is -0.193. The molecule has 2 unspecified atom stereocenters. The third kappa shape index (κ3) is 2.35. The van der Waals surface area contributed by atoms with Crippen molar-refractivity contribution >= 4 is 17.0 Å². The van der Waals surface area contributed by atoms with Crippen LogP contribution in [0.15, 0.2) is 30.6 Å². The second-order valence-corrected chi connectivity index (χ2v) is 5.14. The van der Waals surface area contributed by atoms with E-state index in [0.29, 0.717) is 0 Å². The number of carbonyl (C=O) groups excluding carboxylic acids is 1. The number of carbonyl (C=O) groups is 1. The Kier molecular flexibility index (Phi) is 3.23. The van der Waals surface area contributed by atoms with E-state index < -0.39 is 0 Å². The molecule has 3 rings (SSSR count). The third-order valence-electron chi connectivity index (χ3n) is 3.82. The van der Waals surface area contributed by atoms with Gasteiger partial charge in [-0.15, -0.1) is 0 Å². The van der Waals surface area contributed by atoms with Gasteiger partial charge in [0.2, 0.25) is 0 Å². The van der Waals surface area contributed by atoms with Gasteiger partial charge in [-0.05, 0) is 31.4 Å². The number of hydrogen-bond acceptors (Lipinski definition) is 3. The van der Waals surface area contributed by atoms with Gasteiger partial charge in [0.1, 0.15) is 6.10 Å². The molecule has 1 aliphatic rings. The molecule has 0 N–H and O–H groups in total. The van der Waals surface area contributed by atoms with Crippen LogP contribution in [0.5, 0.6) is 0 Å². The van der Waals surface area contributed by atoms with Gasteiger partial charge in [0.05, 0.1) is 23.4 Å². The summed E-state index contributed by atoms with van der Waals surface area (Å²) in [6.45, 7) is 1.48. The second-order valence-electron chi connectivity index (χ2n) is 5.14. The summed E-state index contributed by atoms with van der Waals surface area (Å²) in [4.78, 5) is 15.7. The lowest BCUT2D eigenvalue weighted by Crippen LogP contribution is -2.31. The van der Waals surface area contributed by atoms with Crippen LogP contribution in [-0.4, -0.2) is 21.6 Å². The average molecular weight is 258 g/mol. The maximum atomic E-state index is 11.2. The maximum absolute atomic E-state index is 11.2. The van der Waals surface area contributed by atoms with Crippen molar-refractivity contribution in [3.8, 4) is 0 Å². The molecule has 0 saturated heterocycles. The molecule has 2 atom stereocenters. The van der Waals surface area contributed by atoms with Gasteiger partial charge in [-0.3, -0.25) is 4.79 Å². The van der Waals surface area contributed by atoms with Gasteiger partial charge in [-0.2, -0.15) is 0 Å². The first-order valence-corrected chi connectivity index (χ1v) is 6.84. The van der Waals surface area contributed by atoms with Crippen LogP contribution in [-0.2, 0) is 9.53 Å². The van der Waals surface area contributed by atoms with Crippen molar-refractivity contribution < 1.29 is 9.53 Å². The molecule has 0 bridgehead atoms. The monoisotopic (exact) mass is 258 g/mol. The van der Waals surface area contributed by atoms with E-state index >= 15 is 0 Å². The molecule has 0 radical (unpaired) electrons. The molecule has 4 nitrogen and oxygen atoms in total. The Hall–Kier alpha value is -1.84. The van der Waals surface area contributed by atoms with Crippen LogP contribution in [0.25, 0.3) is 11.0 Å². The van der Waals surface area contributed by atoms with E-state index in [0.717, 1.165) is 30.3 Å². The minimum absolute atomic E-state index is 0.0242. The standard InChI is InChI=1S/C15H18N2O2/c1-11(18)19-15-9-5-4-8-14(15)17-10-16-12-6-2-3-7-13(12)17/h2-3,6-7,10,14-15H,4-5,8-9H2,1H3. The summed E-state index contributed by atoms with van der Waals surface area (Å²) in [7, 11) is 0. The zero-order chi connectivity index (χ0) is 13.2. The summed E-state index contributed by atoms with van der Waals surface area (Å²) < 4.78 is 7.66. The minimum Gasteiger partial charge on any atom is -0.460 e. The van der Waals surface area contributed by atoms with Crippen molar-refractivity contribution in [2.24, 2.45) is 0 Å². The molecule has 19 heavy (non-hydrogen) atoms. The molecule has 1 saturated carbocycles. The van der Waals surface area contributed by atoms with E-state index in [2.05, 4.69) is 15.6 Å². The number of para-hydroxylation sites is 2. The van der Waals surface area contributed by atoms with Crippen LogP contribution in [0.2, 0.25) is 0 Å². The van der Waals surface area contributed by atoms with Gasteiger partial charge in [-0.25, -0.2) is 4.98 Å². The van der Waals surface area contributed by atoms with Crippen LogP contribution in [0, 0.1) is 0 Å². The Balaban J connectivity index is 1.95. The number of aromatic nitrogens is 2. The van der Waals surface area contributed by atoms with Crippen LogP contribution in [0.1, 0.15) is 38.6 Å². The SMILES string of the molecule is CC(=O)OC1CCCCC1n1cnc2ccccc21. The highest BCUT2D eigenvalue weighted by atomic mass is 16.5. The highest BCUT2D eigenvalue weighted by Gasteiger charge is 2.29. The summed E-state index contributed by atoms with van der Waals surface area (Å²) in [6.07, 6.45) is 6.13. The van der Waals surface area contributed by atoms with Gasteiger partial charge in [0.25, 0.3) is 0 Å². The maximum Gasteiger partial charge on any atom is 0.302 e. The molecule has 1 aromatic heterocycles. The fourth-order valence-electron chi connectivity index (χ4n) is 2.99.